The second-order valence-electron chi connectivity index (χ2n) is 3.90. The Morgan fingerprint density at radius 3 is 2.61 bits per heavy atom. The van der Waals surface area contributed by atoms with Gasteiger partial charge in [-0.25, -0.2) is 0 Å². The molecule has 2 aromatic rings. The molecule has 0 spiro atoms. The molecule has 18 heavy (non-hydrogen) atoms. The van der Waals surface area contributed by atoms with Crippen LogP contribution in [0.4, 0.5) is 0 Å². The molecule has 0 saturated carbocycles. The van der Waals surface area contributed by atoms with Crippen LogP contribution in [-0.2, 0) is 9.59 Å². The van der Waals surface area contributed by atoms with Crippen LogP contribution >= 0.6 is 15.9 Å². The Morgan fingerprint density at radius 1 is 1.17 bits per heavy atom. The van der Waals surface area contributed by atoms with Crippen molar-refractivity contribution < 1.29 is 14.7 Å². The molecule has 1 aliphatic heterocycles. The summed E-state index contributed by atoms with van der Waals surface area (Å²) in [5.74, 6) is -1.89. The molecule has 0 unspecified atom stereocenters. The summed E-state index contributed by atoms with van der Waals surface area (Å²) in [6, 6.07) is 5.52. The number of aliphatic hydroxyl groups is 1. The third-order valence-corrected chi connectivity index (χ3v) is 3.31. The van der Waals surface area contributed by atoms with Gasteiger partial charge in [-0.1, -0.05) is 15.9 Å². The van der Waals surface area contributed by atoms with Crippen molar-refractivity contribution in [2.75, 3.05) is 0 Å². The van der Waals surface area contributed by atoms with Gasteiger partial charge >= 0.3 is 0 Å². The number of rotatable bonds is 1. The molecular weight excluding hydrogens is 300 g/mol. The summed E-state index contributed by atoms with van der Waals surface area (Å²) in [6.45, 7) is 0. The first kappa shape index (κ1) is 11.0. The number of imide groups is 1. The normalized spacial score (nSPS) is 15.6. The Kier molecular flexibility index (Phi) is 2.27. The molecule has 0 atom stereocenters. The van der Waals surface area contributed by atoms with Crippen LogP contribution in [0.2, 0.25) is 0 Å². The zero-order valence-corrected chi connectivity index (χ0v) is 10.5. The van der Waals surface area contributed by atoms with E-state index in [1.54, 1.807) is 6.20 Å². The summed E-state index contributed by atoms with van der Waals surface area (Å²) < 4.78 is 0.848. The molecule has 0 fully saturated rings. The number of hydrogen-bond donors (Lipinski definition) is 3. The Hall–Kier alpha value is -2.08. The summed E-state index contributed by atoms with van der Waals surface area (Å²) in [5.41, 5.74) is 1.33. The van der Waals surface area contributed by atoms with Gasteiger partial charge in [0, 0.05) is 27.1 Å². The molecule has 6 heteroatoms. The van der Waals surface area contributed by atoms with Crippen LogP contribution in [0.25, 0.3) is 16.5 Å². The molecule has 1 aromatic heterocycles. The average molecular weight is 307 g/mol. The number of halogens is 1. The Bertz CT molecular complexity index is 730. The lowest BCUT2D eigenvalue weighted by Crippen LogP contribution is -2.22. The number of fused-ring (bicyclic) bond motifs is 1. The van der Waals surface area contributed by atoms with Crippen LogP contribution in [0, 0.1) is 0 Å². The molecule has 3 rings (SSSR count). The molecule has 0 bridgehead atoms. The zero-order chi connectivity index (χ0) is 12.9. The summed E-state index contributed by atoms with van der Waals surface area (Å²) >= 11 is 3.34. The van der Waals surface area contributed by atoms with E-state index < -0.39 is 17.6 Å². The number of benzene rings is 1. The van der Waals surface area contributed by atoms with Crippen LogP contribution in [0.15, 0.2) is 34.6 Å². The molecule has 0 radical (unpaired) electrons. The maximum atomic E-state index is 11.6. The molecule has 0 aliphatic carbocycles. The predicted octanol–water partition coefficient (Wildman–Crippen LogP) is 1.86. The number of aromatic nitrogens is 1. The van der Waals surface area contributed by atoms with Gasteiger partial charge in [0.15, 0.2) is 5.76 Å². The van der Waals surface area contributed by atoms with Crippen LogP contribution in [0.3, 0.4) is 0 Å². The maximum Gasteiger partial charge on any atom is 0.293 e. The Morgan fingerprint density at radius 2 is 1.94 bits per heavy atom. The van der Waals surface area contributed by atoms with Gasteiger partial charge in [-0.05, 0) is 18.2 Å². The third kappa shape index (κ3) is 1.46. The SMILES string of the molecule is O=C1NC(=O)C(c2c[nH]c3ccc(Br)cc23)=C1O. The molecule has 90 valence electrons. The standard InChI is InChI=1S/C12H7BrN2O3/c13-5-1-2-8-6(3-5)7(4-14-8)9-10(16)12(18)15-11(9)17/h1-4,14H,(H2,15,16,17,18). The molecule has 1 aromatic carbocycles. The molecule has 2 heterocycles. The number of carbonyl (C=O) groups is 2. The van der Waals surface area contributed by atoms with Crippen molar-refractivity contribution in [2.45, 2.75) is 0 Å². The van der Waals surface area contributed by atoms with E-state index in [9.17, 15) is 14.7 Å². The molecule has 1 aliphatic rings. The highest BCUT2D eigenvalue weighted by Crippen LogP contribution is 2.30. The van der Waals surface area contributed by atoms with Crippen LogP contribution in [-0.4, -0.2) is 21.9 Å². The summed E-state index contributed by atoms with van der Waals surface area (Å²) in [5, 5.41) is 12.5. The number of carbonyl (C=O) groups excluding carboxylic acids is 2. The topological polar surface area (TPSA) is 82.2 Å². The van der Waals surface area contributed by atoms with Crippen LogP contribution in [0.1, 0.15) is 5.56 Å². The van der Waals surface area contributed by atoms with E-state index in [2.05, 4.69) is 26.2 Å². The number of amides is 2. The van der Waals surface area contributed by atoms with E-state index in [0.29, 0.717) is 5.56 Å². The van der Waals surface area contributed by atoms with Crippen LogP contribution in [0.5, 0.6) is 0 Å². The summed E-state index contributed by atoms with van der Waals surface area (Å²) in [7, 11) is 0. The highest BCUT2D eigenvalue weighted by Gasteiger charge is 2.32. The number of H-pyrrole nitrogens is 1. The first-order valence-electron chi connectivity index (χ1n) is 5.14. The van der Waals surface area contributed by atoms with Crippen molar-refractivity contribution >= 4 is 44.2 Å². The molecule has 0 saturated heterocycles. The van der Waals surface area contributed by atoms with E-state index in [1.807, 2.05) is 18.2 Å². The maximum absolute atomic E-state index is 11.6. The minimum Gasteiger partial charge on any atom is -0.502 e. The van der Waals surface area contributed by atoms with Gasteiger partial charge in [0.05, 0.1) is 5.57 Å². The zero-order valence-electron chi connectivity index (χ0n) is 8.95. The predicted molar refractivity (Wildman–Crippen MR) is 68.7 cm³/mol. The molecular formula is C12H7BrN2O3. The number of hydrogen-bond acceptors (Lipinski definition) is 3. The van der Waals surface area contributed by atoms with Gasteiger partial charge in [0.25, 0.3) is 11.8 Å². The number of nitrogens with one attached hydrogen (secondary N) is 2. The van der Waals surface area contributed by atoms with Crippen LogP contribution < -0.4 is 5.32 Å². The first-order chi connectivity index (χ1) is 8.58. The van der Waals surface area contributed by atoms with Gasteiger partial charge in [-0.15, -0.1) is 0 Å². The first-order valence-corrected chi connectivity index (χ1v) is 5.93. The Balaban J connectivity index is 2.30. The molecule has 2 amide bonds. The highest BCUT2D eigenvalue weighted by molar-refractivity contribution is 9.10. The van der Waals surface area contributed by atoms with Crippen molar-refractivity contribution in [1.29, 1.82) is 0 Å². The average Bonchev–Trinajstić information content (AvgIpc) is 2.82. The van der Waals surface area contributed by atoms with Gasteiger partial charge in [-0.2, -0.15) is 0 Å². The molecule has 5 nitrogen and oxygen atoms in total. The summed E-state index contributed by atoms with van der Waals surface area (Å²) in [4.78, 5) is 25.9. The lowest BCUT2D eigenvalue weighted by atomic mass is 10.0. The van der Waals surface area contributed by atoms with Crippen molar-refractivity contribution in [3.8, 4) is 0 Å². The lowest BCUT2D eigenvalue weighted by Gasteiger charge is -1.98. The van der Waals surface area contributed by atoms with Gasteiger partial charge in [0.1, 0.15) is 0 Å². The smallest absolute Gasteiger partial charge is 0.293 e. The van der Waals surface area contributed by atoms with Crippen molar-refractivity contribution in [3.05, 3.63) is 40.2 Å². The minimum atomic E-state index is -0.764. The number of aromatic amines is 1. The lowest BCUT2D eigenvalue weighted by molar-refractivity contribution is -0.124. The largest absolute Gasteiger partial charge is 0.502 e. The minimum absolute atomic E-state index is 0.00403. The van der Waals surface area contributed by atoms with E-state index >= 15 is 0 Å². The van der Waals surface area contributed by atoms with E-state index in [0.717, 1.165) is 15.4 Å². The van der Waals surface area contributed by atoms with E-state index in [1.165, 1.54) is 0 Å². The van der Waals surface area contributed by atoms with E-state index in [-0.39, 0.29) is 5.57 Å². The summed E-state index contributed by atoms with van der Waals surface area (Å²) in [6.07, 6.45) is 1.60. The van der Waals surface area contributed by atoms with Crippen molar-refractivity contribution in [1.82, 2.24) is 10.3 Å². The second-order valence-corrected chi connectivity index (χ2v) is 4.81. The fourth-order valence-electron chi connectivity index (χ4n) is 2.00. The van der Waals surface area contributed by atoms with Gasteiger partial charge in [0.2, 0.25) is 0 Å². The monoisotopic (exact) mass is 306 g/mol. The second kappa shape index (κ2) is 3.71. The number of aliphatic hydroxyl groups excluding tert-OH is 1. The van der Waals surface area contributed by atoms with Crippen molar-refractivity contribution in [3.63, 3.8) is 0 Å². The third-order valence-electron chi connectivity index (χ3n) is 2.82. The molecule has 3 N–H and O–H groups in total. The van der Waals surface area contributed by atoms with Gasteiger partial charge < -0.3 is 10.1 Å². The van der Waals surface area contributed by atoms with E-state index in [4.69, 9.17) is 0 Å². The van der Waals surface area contributed by atoms with Crippen molar-refractivity contribution in [2.24, 2.45) is 0 Å². The Labute approximate surface area is 110 Å². The fourth-order valence-corrected chi connectivity index (χ4v) is 2.36. The fraction of sp³-hybridized carbons (Fsp3) is 0. The quantitative estimate of drug-likeness (QED) is 0.703. The highest BCUT2D eigenvalue weighted by atomic mass is 79.9. The van der Waals surface area contributed by atoms with Gasteiger partial charge in [-0.3, -0.25) is 14.9 Å².